The standard InChI is InChI=1S/C14H10BrCl2FN2O/c15-10-5-6-11(14(17)13(10)16)19-7-12(21)20-9-3-1-8(18)2-4-9/h1-6,19H,7H2,(H,20,21). The molecule has 2 N–H and O–H groups in total. The van der Waals surface area contributed by atoms with Gasteiger partial charge in [0.25, 0.3) is 0 Å². The Labute approximate surface area is 139 Å². The van der Waals surface area contributed by atoms with E-state index in [9.17, 15) is 9.18 Å². The maximum absolute atomic E-state index is 12.8. The van der Waals surface area contributed by atoms with E-state index in [1.807, 2.05) is 0 Å². The van der Waals surface area contributed by atoms with E-state index < -0.39 is 0 Å². The van der Waals surface area contributed by atoms with Gasteiger partial charge in [-0.1, -0.05) is 23.2 Å². The van der Waals surface area contributed by atoms with Crippen molar-refractivity contribution in [1.29, 1.82) is 0 Å². The second-order valence-corrected chi connectivity index (χ2v) is 5.74. The second kappa shape index (κ2) is 7.11. The normalized spacial score (nSPS) is 10.3. The summed E-state index contributed by atoms with van der Waals surface area (Å²) >= 11 is 15.3. The van der Waals surface area contributed by atoms with E-state index in [2.05, 4.69) is 26.6 Å². The van der Waals surface area contributed by atoms with Crippen LogP contribution in [0.2, 0.25) is 10.0 Å². The van der Waals surface area contributed by atoms with Gasteiger partial charge in [0, 0.05) is 10.2 Å². The van der Waals surface area contributed by atoms with Crippen molar-refractivity contribution in [1.82, 2.24) is 0 Å². The maximum atomic E-state index is 12.8. The lowest BCUT2D eigenvalue weighted by Crippen LogP contribution is -2.21. The molecule has 2 aromatic rings. The highest BCUT2D eigenvalue weighted by Crippen LogP contribution is 2.35. The number of amides is 1. The van der Waals surface area contributed by atoms with Crippen LogP contribution in [0, 0.1) is 5.82 Å². The SMILES string of the molecule is O=C(CNc1ccc(Br)c(Cl)c1Cl)Nc1ccc(F)cc1. The van der Waals surface area contributed by atoms with Crippen LogP contribution in [0.4, 0.5) is 15.8 Å². The van der Waals surface area contributed by atoms with Gasteiger partial charge in [-0.15, -0.1) is 0 Å². The van der Waals surface area contributed by atoms with Crippen LogP contribution in [-0.2, 0) is 4.79 Å². The molecule has 0 aromatic heterocycles. The number of halogens is 4. The number of carbonyl (C=O) groups excluding carboxylic acids is 1. The third-order valence-corrected chi connectivity index (χ3v) is 4.37. The Morgan fingerprint density at radius 3 is 2.43 bits per heavy atom. The first-order valence-corrected chi connectivity index (χ1v) is 7.45. The Balaban J connectivity index is 1.95. The van der Waals surface area contributed by atoms with Gasteiger partial charge in [0.05, 0.1) is 22.3 Å². The molecule has 0 heterocycles. The fraction of sp³-hybridized carbons (Fsp3) is 0.0714. The molecule has 2 aromatic carbocycles. The molecule has 1 amide bonds. The zero-order chi connectivity index (χ0) is 15.4. The van der Waals surface area contributed by atoms with Crippen LogP contribution in [0.1, 0.15) is 0 Å². The van der Waals surface area contributed by atoms with Crippen LogP contribution in [0.25, 0.3) is 0 Å². The van der Waals surface area contributed by atoms with Crippen molar-refractivity contribution >= 4 is 56.4 Å². The summed E-state index contributed by atoms with van der Waals surface area (Å²) in [7, 11) is 0. The Morgan fingerprint density at radius 2 is 1.76 bits per heavy atom. The average molecular weight is 392 g/mol. The first-order chi connectivity index (χ1) is 9.97. The number of hydrogen-bond donors (Lipinski definition) is 2. The molecule has 3 nitrogen and oxygen atoms in total. The highest BCUT2D eigenvalue weighted by atomic mass is 79.9. The first kappa shape index (κ1) is 16.1. The third-order valence-electron chi connectivity index (χ3n) is 2.60. The van der Waals surface area contributed by atoms with Crippen LogP contribution in [0.5, 0.6) is 0 Å². The van der Waals surface area contributed by atoms with Crippen molar-refractivity contribution in [2.45, 2.75) is 0 Å². The van der Waals surface area contributed by atoms with Gasteiger partial charge in [-0.25, -0.2) is 4.39 Å². The molecule has 0 bridgehead atoms. The Bertz CT molecular complexity index is 665. The van der Waals surface area contributed by atoms with Crippen LogP contribution in [-0.4, -0.2) is 12.5 Å². The lowest BCUT2D eigenvalue weighted by Gasteiger charge is -2.10. The lowest BCUT2D eigenvalue weighted by molar-refractivity contribution is -0.114. The number of benzene rings is 2. The minimum Gasteiger partial charge on any atom is -0.375 e. The van der Waals surface area contributed by atoms with Gasteiger partial charge in [-0.3, -0.25) is 4.79 Å². The molecule has 0 radical (unpaired) electrons. The lowest BCUT2D eigenvalue weighted by atomic mass is 10.3. The van der Waals surface area contributed by atoms with Crippen molar-refractivity contribution < 1.29 is 9.18 Å². The molecular formula is C14H10BrCl2FN2O. The Morgan fingerprint density at radius 1 is 1.10 bits per heavy atom. The zero-order valence-electron chi connectivity index (χ0n) is 10.6. The number of hydrogen-bond acceptors (Lipinski definition) is 2. The fourth-order valence-electron chi connectivity index (χ4n) is 1.58. The molecule has 0 aliphatic carbocycles. The van der Waals surface area contributed by atoms with Crippen molar-refractivity contribution in [3.8, 4) is 0 Å². The predicted molar refractivity (Wildman–Crippen MR) is 87.7 cm³/mol. The number of rotatable bonds is 4. The smallest absolute Gasteiger partial charge is 0.243 e. The summed E-state index contributed by atoms with van der Waals surface area (Å²) in [5.74, 6) is -0.640. The second-order valence-electron chi connectivity index (χ2n) is 4.13. The molecule has 21 heavy (non-hydrogen) atoms. The fourth-order valence-corrected chi connectivity index (χ4v) is 2.42. The van der Waals surface area contributed by atoms with Crippen LogP contribution in [0.15, 0.2) is 40.9 Å². The van der Waals surface area contributed by atoms with Gasteiger partial charge in [-0.05, 0) is 52.3 Å². The largest absolute Gasteiger partial charge is 0.375 e. The topological polar surface area (TPSA) is 41.1 Å². The average Bonchev–Trinajstić information content (AvgIpc) is 2.46. The third kappa shape index (κ3) is 4.33. The van der Waals surface area contributed by atoms with Crippen LogP contribution >= 0.6 is 39.1 Å². The predicted octanol–water partition coefficient (Wildman–Crippen LogP) is 4.95. The molecule has 0 spiro atoms. The first-order valence-electron chi connectivity index (χ1n) is 5.90. The van der Waals surface area contributed by atoms with Crippen molar-refractivity contribution in [3.05, 3.63) is 56.7 Å². The van der Waals surface area contributed by atoms with Crippen molar-refractivity contribution in [2.75, 3.05) is 17.2 Å². The molecule has 0 fully saturated rings. The van der Waals surface area contributed by atoms with Gasteiger partial charge in [0.1, 0.15) is 5.82 Å². The van der Waals surface area contributed by atoms with Gasteiger partial charge >= 0.3 is 0 Å². The highest BCUT2D eigenvalue weighted by molar-refractivity contribution is 9.10. The summed E-state index contributed by atoms with van der Waals surface area (Å²) in [4.78, 5) is 11.8. The minimum absolute atomic E-state index is 0.00899. The molecule has 7 heteroatoms. The minimum atomic E-state index is -0.359. The Hall–Kier alpha value is -1.30. The van der Waals surface area contributed by atoms with Crippen LogP contribution < -0.4 is 10.6 Å². The van der Waals surface area contributed by atoms with Crippen molar-refractivity contribution in [3.63, 3.8) is 0 Å². The van der Waals surface area contributed by atoms with E-state index in [-0.39, 0.29) is 18.3 Å². The molecule has 0 unspecified atom stereocenters. The van der Waals surface area contributed by atoms with Gasteiger partial charge in [0.2, 0.25) is 5.91 Å². The van der Waals surface area contributed by atoms with Gasteiger partial charge in [0.15, 0.2) is 0 Å². The quantitative estimate of drug-likeness (QED) is 0.724. The van der Waals surface area contributed by atoms with E-state index in [1.165, 1.54) is 24.3 Å². The molecule has 0 atom stereocenters. The molecule has 0 saturated carbocycles. The summed E-state index contributed by atoms with van der Waals surface area (Å²) < 4.78 is 13.4. The number of carbonyl (C=O) groups is 1. The van der Waals surface area contributed by atoms with E-state index in [0.29, 0.717) is 25.9 Å². The van der Waals surface area contributed by atoms with E-state index >= 15 is 0 Å². The van der Waals surface area contributed by atoms with Crippen LogP contribution in [0.3, 0.4) is 0 Å². The van der Waals surface area contributed by atoms with E-state index in [4.69, 9.17) is 23.2 Å². The summed E-state index contributed by atoms with van der Waals surface area (Å²) in [6.07, 6.45) is 0. The van der Waals surface area contributed by atoms with E-state index in [0.717, 1.165) is 0 Å². The highest BCUT2D eigenvalue weighted by Gasteiger charge is 2.09. The molecule has 0 saturated heterocycles. The zero-order valence-corrected chi connectivity index (χ0v) is 13.7. The molecule has 0 aliphatic heterocycles. The number of anilines is 2. The maximum Gasteiger partial charge on any atom is 0.243 e. The number of nitrogens with one attached hydrogen (secondary N) is 2. The van der Waals surface area contributed by atoms with Crippen molar-refractivity contribution in [2.24, 2.45) is 0 Å². The molecule has 2 rings (SSSR count). The summed E-state index contributed by atoms with van der Waals surface area (Å²) in [5.41, 5.74) is 1.07. The van der Waals surface area contributed by atoms with Gasteiger partial charge < -0.3 is 10.6 Å². The van der Waals surface area contributed by atoms with Gasteiger partial charge in [-0.2, -0.15) is 0 Å². The monoisotopic (exact) mass is 390 g/mol. The molecular weight excluding hydrogens is 382 g/mol. The summed E-state index contributed by atoms with van der Waals surface area (Å²) in [5, 5.41) is 6.23. The van der Waals surface area contributed by atoms with E-state index in [1.54, 1.807) is 12.1 Å². The molecule has 0 aliphatic rings. The Kier molecular flexibility index (Phi) is 5.45. The summed E-state index contributed by atoms with van der Waals surface area (Å²) in [6, 6.07) is 8.95. The summed E-state index contributed by atoms with van der Waals surface area (Å²) in [6.45, 7) is 0.00899. The molecule has 110 valence electrons.